The Balaban J connectivity index is 1.29. The second kappa shape index (κ2) is 6.87. The van der Waals surface area contributed by atoms with Crippen LogP contribution in [0.2, 0.25) is 0 Å². The summed E-state index contributed by atoms with van der Waals surface area (Å²) in [6, 6.07) is 2.12. The molecule has 2 saturated heterocycles. The summed E-state index contributed by atoms with van der Waals surface area (Å²) in [7, 11) is 0. The molecule has 3 aliphatic rings. The summed E-state index contributed by atoms with van der Waals surface area (Å²) in [5, 5.41) is 0. The average molecular weight is 380 g/mol. The standard InChI is InChI=1S/C21H28N6O/c1-14(2)18-7-19(24-13-23-18)26-9-16-11-27(12-17(16)10-26)20-21(28)25(6-5-22-20)8-15-3-4-15/h5-7,13-17H,3-4,8-12H2,1-2H3. The predicted octanol–water partition coefficient (Wildman–Crippen LogP) is 2.14. The summed E-state index contributed by atoms with van der Waals surface area (Å²) in [6.07, 6.45) is 7.80. The van der Waals surface area contributed by atoms with E-state index in [4.69, 9.17) is 0 Å². The van der Waals surface area contributed by atoms with E-state index in [1.807, 2.05) is 10.8 Å². The third-order valence-corrected chi connectivity index (χ3v) is 6.42. The highest BCUT2D eigenvalue weighted by molar-refractivity contribution is 5.44. The van der Waals surface area contributed by atoms with Crippen molar-refractivity contribution < 1.29 is 0 Å². The minimum absolute atomic E-state index is 0.0728. The SMILES string of the molecule is CC(C)c1cc(N2CC3CN(c4nccn(CC5CC5)c4=O)CC3C2)ncn1. The molecule has 0 amide bonds. The van der Waals surface area contributed by atoms with E-state index in [0.717, 1.165) is 44.2 Å². The molecule has 7 heteroatoms. The van der Waals surface area contributed by atoms with Crippen molar-refractivity contribution >= 4 is 11.6 Å². The molecule has 5 rings (SSSR count). The van der Waals surface area contributed by atoms with Gasteiger partial charge in [-0.1, -0.05) is 13.8 Å². The zero-order valence-corrected chi connectivity index (χ0v) is 16.7. The van der Waals surface area contributed by atoms with Crippen LogP contribution in [0.15, 0.2) is 29.6 Å². The minimum Gasteiger partial charge on any atom is -0.356 e. The molecule has 2 aromatic rings. The highest BCUT2D eigenvalue weighted by Gasteiger charge is 2.41. The molecule has 0 spiro atoms. The number of aromatic nitrogens is 4. The number of hydrogen-bond acceptors (Lipinski definition) is 6. The van der Waals surface area contributed by atoms with Crippen LogP contribution in [0, 0.1) is 17.8 Å². The fraction of sp³-hybridized carbons (Fsp3) is 0.619. The van der Waals surface area contributed by atoms with E-state index >= 15 is 0 Å². The Morgan fingerprint density at radius 3 is 2.43 bits per heavy atom. The Kier molecular flexibility index (Phi) is 4.33. The predicted molar refractivity (Wildman–Crippen MR) is 109 cm³/mol. The third-order valence-electron chi connectivity index (χ3n) is 6.42. The van der Waals surface area contributed by atoms with Gasteiger partial charge in [0.25, 0.3) is 5.56 Å². The molecule has 4 heterocycles. The molecule has 2 atom stereocenters. The molecule has 0 N–H and O–H groups in total. The molecule has 1 aliphatic carbocycles. The number of fused-ring (bicyclic) bond motifs is 1. The highest BCUT2D eigenvalue weighted by Crippen LogP contribution is 2.35. The summed E-state index contributed by atoms with van der Waals surface area (Å²) in [4.78, 5) is 30.8. The van der Waals surface area contributed by atoms with Gasteiger partial charge in [0.2, 0.25) is 0 Å². The van der Waals surface area contributed by atoms with E-state index in [1.165, 1.54) is 12.8 Å². The largest absolute Gasteiger partial charge is 0.356 e. The molecule has 2 aliphatic heterocycles. The molecular formula is C21H28N6O. The van der Waals surface area contributed by atoms with Crippen LogP contribution >= 0.6 is 0 Å². The number of anilines is 2. The lowest BCUT2D eigenvalue weighted by Gasteiger charge is -2.23. The first-order valence-electron chi connectivity index (χ1n) is 10.5. The van der Waals surface area contributed by atoms with E-state index in [1.54, 1.807) is 12.5 Å². The number of nitrogens with zero attached hydrogens (tertiary/aromatic N) is 6. The smallest absolute Gasteiger partial charge is 0.293 e. The topological polar surface area (TPSA) is 67.2 Å². The Morgan fingerprint density at radius 1 is 1.04 bits per heavy atom. The number of rotatable bonds is 5. The van der Waals surface area contributed by atoms with Gasteiger partial charge >= 0.3 is 0 Å². The molecular weight excluding hydrogens is 352 g/mol. The van der Waals surface area contributed by atoms with Gasteiger partial charge in [-0.3, -0.25) is 4.79 Å². The Labute approximate surface area is 165 Å². The molecule has 1 saturated carbocycles. The van der Waals surface area contributed by atoms with Crippen molar-refractivity contribution in [1.82, 2.24) is 19.5 Å². The lowest BCUT2D eigenvalue weighted by Crippen LogP contribution is -2.35. The quantitative estimate of drug-likeness (QED) is 0.792. The average Bonchev–Trinajstić information content (AvgIpc) is 3.28. The van der Waals surface area contributed by atoms with Crippen LogP contribution < -0.4 is 15.4 Å². The van der Waals surface area contributed by atoms with Gasteiger partial charge in [0.1, 0.15) is 12.1 Å². The zero-order valence-electron chi connectivity index (χ0n) is 16.7. The van der Waals surface area contributed by atoms with Crippen LogP contribution in [0.3, 0.4) is 0 Å². The van der Waals surface area contributed by atoms with Crippen LogP contribution in [0.1, 0.15) is 38.3 Å². The van der Waals surface area contributed by atoms with Gasteiger partial charge in [-0.15, -0.1) is 0 Å². The summed E-state index contributed by atoms with van der Waals surface area (Å²) in [5.41, 5.74) is 1.16. The first kappa shape index (κ1) is 17.6. The highest BCUT2D eigenvalue weighted by atomic mass is 16.1. The van der Waals surface area contributed by atoms with Gasteiger partial charge in [-0.25, -0.2) is 15.0 Å². The maximum atomic E-state index is 12.9. The fourth-order valence-electron chi connectivity index (χ4n) is 4.58. The van der Waals surface area contributed by atoms with Gasteiger partial charge in [-0.05, 0) is 24.7 Å². The Hall–Kier alpha value is -2.44. The van der Waals surface area contributed by atoms with Crippen LogP contribution in [-0.2, 0) is 6.54 Å². The Bertz CT molecular complexity index is 907. The van der Waals surface area contributed by atoms with Crippen molar-refractivity contribution in [3.8, 4) is 0 Å². The first-order valence-corrected chi connectivity index (χ1v) is 10.5. The van der Waals surface area contributed by atoms with Gasteiger partial charge < -0.3 is 14.4 Å². The zero-order chi connectivity index (χ0) is 19.3. The van der Waals surface area contributed by atoms with E-state index < -0.39 is 0 Å². The lowest BCUT2D eigenvalue weighted by molar-refractivity contribution is 0.533. The maximum Gasteiger partial charge on any atom is 0.293 e. The molecule has 0 bridgehead atoms. The maximum absolute atomic E-state index is 12.9. The van der Waals surface area contributed by atoms with Gasteiger partial charge in [0.05, 0.1) is 0 Å². The van der Waals surface area contributed by atoms with Crippen molar-refractivity contribution in [2.24, 2.45) is 17.8 Å². The van der Waals surface area contributed by atoms with Crippen molar-refractivity contribution in [3.05, 3.63) is 40.8 Å². The Morgan fingerprint density at radius 2 is 1.75 bits per heavy atom. The van der Waals surface area contributed by atoms with E-state index in [2.05, 4.69) is 44.7 Å². The fourth-order valence-corrected chi connectivity index (χ4v) is 4.58. The van der Waals surface area contributed by atoms with Crippen LogP contribution in [-0.4, -0.2) is 45.7 Å². The molecule has 148 valence electrons. The van der Waals surface area contributed by atoms with Crippen molar-refractivity contribution in [2.75, 3.05) is 36.0 Å². The van der Waals surface area contributed by atoms with Crippen LogP contribution in [0.25, 0.3) is 0 Å². The minimum atomic E-state index is 0.0728. The number of hydrogen-bond donors (Lipinski definition) is 0. The van der Waals surface area contributed by atoms with Crippen molar-refractivity contribution in [3.63, 3.8) is 0 Å². The monoisotopic (exact) mass is 380 g/mol. The van der Waals surface area contributed by atoms with E-state index in [0.29, 0.717) is 29.5 Å². The van der Waals surface area contributed by atoms with Gasteiger partial charge in [0, 0.05) is 68.7 Å². The third kappa shape index (κ3) is 3.27. The van der Waals surface area contributed by atoms with E-state index in [-0.39, 0.29) is 5.56 Å². The summed E-state index contributed by atoms with van der Waals surface area (Å²) in [6.45, 7) is 8.93. The van der Waals surface area contributed by atoms with Crippen LogP contribution in [0.4, 0.5) is 11.6 Å². The lowest BCUT2D eigenvalue weighted by atomic mass is 10.0. The first-order chi connectivity index (χ1) is 13.6. The van der Waals surface area contributed by atoms with Crippen molar-refractivity contribution in [1.29, 1.82) is 0 Å². The molecule has 2 unspecified atom stereocenters. The second-order valence-corrected chi connectivity index (χ2v) is 8.94. The summed E-state index contributed by atoms with van der Waals surface area (Å²) >= 11 is 0. The van der Waals surface area contributed by atoms with Gasteiger partial charge in [0.15, 0.2) is 5.82 Å². The molecule has 28 heavy (non-hydrogen) atoms. The van der Waals surface area contributed by atoms with Crippen molar-refractivity contribution in [2.45, 2.75) is 39.2 Å². The summed E-state index contributed by atoms with van der Waals surface area (Å²) < 4.78 is 1.86. The normalized spacial score (nSPS) is 24.2. The molecule has 7 nitrogen and oxygen atoms in total. The summed E-state index contributed by atoms with van der Waals surface area (Å²) in [5.74, 6) is 3.85. The molecule has 2 aromatic heterocycles. The molecule has 0 aromatic carbocycles. The molecule has 3 fully saturated rings. The molecule has 0 radical (unpaired) electrons. The van der Waals surface area contributed by atoms with Crippen LogP contribution in [0.5, 0.6) is 0 Å². The van der Waals surface area contributed by atoms with Gasteiger partial charge in [-0.2, -0.15) is 0 Å². The van der Waals surface area contributed by atoms with E-state index in [9.17, 15) is 4.79 Å². The second-order valence-electron chi connectivity index (χ2n) is 8.94.